The molecule has 2 N–H and O–H groups in total. The number of H-pyrrole nitrogens is 1. The van der Waals surface area contributed by atoms with E-state index in [1.54, 1.807) is 0 Å². The molecular formula is C20H23N5O. The average molecular weight is 349 g/mol. The van der Waals surface area contributed by atoms with E-state index in [0.717, 1.165) is 54.6 Å². The van der Waals surface area contributed by atoms with Gasteiger partial charge in [-0.3, -0.25) is 19.8 Å². The minimum atomic E-state index is -0.0926. The number of nitrogens with zero attached hydrogens (tertiary/aromatic N) is 3. The summed E-state index contributed by atoms with van der Waals surface area (Å²) in [5.41, 5.74) is 3.59. The SMILES string of the molecule is Cc1ccc2[nH]nc(C(=O)NC3CCN(Cc4ccccn4)CC3)c2c1. The third kappa shape index (κ3) is 3.60. The smallest absolute Gasteiger partial charge is 0.272 e. The number of piperidine rings is 1. The van der Waals surface area contributed by atoms with Gasteiger partial charge < -0.3 is 5.32 Å². The summed E-state index contributed by atoms with van der Waals surface area (Å²) in [5.74, 6) is -0.0926. The Bertz CT molecular complexity index is 897. The number of nitrogens with one attached hydrogen (secondary N) is 2. The van der Waals surface area contributed by atoms with Crippen LogP contribution in [0.4, 0.5) is 0 Å². The minimum absolute atomic E-state index is 0.0926. The second-order valence-electron chi connectivity index (χ2n) is 6.97. The Kier molecular flexibility index (Phi) is 4.67. The maximum Gasteiger partial charge on any atom is 0.272 e. The lowest BCUT2D eigenvalue weighted by Gasteiger charge is -2.32. The molecule has 1 aromatic carbocycles. The number of hydrogen-bond acceptors (Lipinski definition) is 4. The number of aromatic amines is 1. The van der Waals surface area contributed by atoms with Crippen LogP contribution in [-0.2, 0) is 6.54 Å². The maximum absolute atomic E-state index is 12.7. The van der Waals surface area contributed by atoms with Gasteiger partial charge in [0, 0.05) is 37.3 Å². The Hall–Kier alpha value is -2.73. The maximum atomic E-state index is 12.7. The number of carbonyl (C=O) groups is 1. The van der Waals surface area contributed by atoms with Crippen molar-refractivity contribution in [3.05, 3.63) is 59.5 Å². The van der Waals surface area contributed by atoms with Gasteiger partial charge in [0.15, 0.2) is 5.69 Å². The largest absolute Gasteiger partial charge is 0.348 e. The number of fused-ring (bicyclic) bond motifs is 1. The Labute approximate surface area is 152 Å². The number of amides is 1. The molecule has 0 bridgehead atoms. The molecule has 1 saturated heterocycles. The first kappa shape index (κ1) is 16.7. The van der Waals surface area contributed by atoms with Crippen molar-refractivity contribution >= 4 is 16.8 Å². The van der Waals surface area contributed by atoms with E-state index >= 15 is 0 Å². The molecule has 0 unspecified atom stereocenters. The molecule has 0 radical (unpaired) electrons. The monoisotopic (exact) mass is 349 g/mol. The van der Waals surface area contributed by atoms with Crippen molar-refractivity contribution < 1.29 is 4.79 Å². The summed E-state index contributed by atoms with van der Waals surface area (Å²) in [6, 6.07) is 12.2. The van der Waals surface area contributed by atoms with Gasteiger partial charge in [0.1, 0.15) is 0 Å². The van der Waals surface area contributed by atoms with Crippen molar-refractivity contribution in [1.29, 1.82) is 0 Å². The first-order valence-corrected chi connectivity index (χ1v) is 9.07. The lowest BCUT2D eigenvalue weighted by atomic mass is 10.0. The van der Waals surface area contributed by atoms with Gasteiger partial charge in [-0.25, -0.2) is 0 Å². The van der Waals surface area contributed by atoms with Gasteiger partial charge in [-0.2, -0.15) is 5.10 Å². The number of hydrogen-bond donors (Lipinski definition) is 2. The number of pyridine rings is 1. The molecule has 4 rings (SSSR count). The zero-order valence-corrected chi connectivity index (χ0v) is 14.9. The van der Waals surface area contributed by atoms with E-state index in [2.05, 4.69) is 31.5 Å². The Morgan fingerprint density at radius 3 is 2.88 bits per heavy atom. The second-order valence-corrected chi connectivity index (χ2v) is 6.97. The normalized spacial score (nSPS) is 16.0. The molecule has 1 amide bonds. The molecule has 6 nitrogen and oxygen atoms in total. The highest BCUT2D eigenvalue weighted by molar-refractivity contribution is 6.04. The summed E-state index contributed by atoms with van der Waals surface area (Å²) in [7, 11) is 0. The molecule has 1 fully saturated rings. The summed E-state index contributed by atoms with van der Waals surface area (Å²) in [4.78, 5) is 19.4. The van der Waals surface area contributed by atoms with Crippen molar-refractivity contribution in [2.24, 2.45) is 0 Å². The van der Waals surface area contributed by atoms with Crippen LogP contribution in [0.1, 0.15) is 34.6 Å². The predicted molar refractivity (Wildman–Crippen MR) is 101 cm³/mol. The molecule has 6 heteroatoms. The standard InChI is InChI=1S/C20H23N5O/c1-14-5-6-18-17(12-14)19(24-23-18)20(26)22-15-7-10-25(11-8-15)13-16-4-2-3-9-21-16/h2-6,9,12,15H,7-8,10-11,13H2,1H3,(H,22,26)(H,23,24). The van der Waals surface area contributed by atoms with Gasteiger partial charge in [0.25, 0.3) is 5.91 Å². The molecule has 0 spiro atoms. The summed E-state index contributed by atoms with van der Waals surface area (Å²) in [6.07, 6.45) is 3.72. The third-order valence-electron chi connectivity index (χ3n) is 4.97. The quantitative estimate of drug-likeness (QED) is 0.759. The van der Waals surface area contributed by atoms with Crippen LogP contribution in [0.2, 0.25) is 0 Å². The number of likely N-dealkylation sites (tertiary alicyclic amines) is 1. The average Bonchev–Trinajstić information content (AvgIpc) is 3.07. The molecule has 134 valence electrons. The fraction of sp³-hybridized carbons (Fsp3) is 0.350. The summed E-state index contributed by atoms with van der Waals surface area (Å²) < 4.78 is 0. The Balaban J connectivity index is 1.35. The summed E-state index contributed by atoms with van der Waals surface area (Å²) in [5, 5.41) is 11.2. The van der Waals surface area contributed by atoms with Gasteiger partial charge in [-0.15, -0.1) is 0 Å². The molecule has 1 aliphatic heterocycles. The van der Waals surface area contributed by atoms with Gasteiger partial charge in [0.2, 0.25) is 0 Å². The number of benzene rings is 1. The van der Waals surface area contributed by atoms with Crippen molar-refractivity contribution in [3.63, 3.8) is 0 Å². The number of aromatic nitrogens is 3. The molecule has 3 heterocycles. The fourth-order valence-electron chi connectivity index (χ4n) is 3.51. The van der Waals surface area contributed by atoms with E-state index < -0.39 is 0 Å². The Morgan fingerprint density at radius 2 is 2.12 bits per heavy atom. The minimum Gasteiger partial charge on any atom is -0.348 e. The van der Waals surface area contributed by atoms with Gasteiger partial charge >= 0.3 is 0 Å². The second kappa shape index (κ2) is 7.25. The van der Waals surface area contributed by atoms with E-state index in [4.69, 9.17) is 0 Å². The van der Waals surface area contributed by atoms with Crippen molar-refractivity contribution in [3.8, 4) is 0 Å². The highest BCUT2D eigenvalue weighted by Crippen LogP contribution is 2.19. The van der Waals surface area contributed by atoms with Crippen molar-refractivity contribution in [2.75, 3.05) is 13.1 Å². The topological polar surface area (TPSA) is 73.9 Å². The van der Waals surface area contributed by atoms with Gasteiger partial charge in [-0.1, -0.05) is 17.7 Å². The first-order valence-electron chi connectivity index (χ1n) is 9.07. The summed E-state index contributed by atoms with van der Waals surface area (Å²) in [6.45, 7) is 4.81. The molecule has 0 atom stereocenters. The molecule has 2 aromatic heterocycles. The molecule has 0 saturated carbocycles. The van der Waals surface area contributed by atoms with Gasteiger partial charge in [-0.05, 0) is 44.0 Å². The van der Waals surface area contributed by atoms with Gasteiger partial charge in [0.05, 0.1) is 11.2 Å². The zero-order valence-electron chi connectivity index (χ0n) is 14.9. The molecule has 3 aromatic rings. The predicted octanol–water partition coefficient (Wildman–Crippen LogP) is 2.66. The first-order chi connectivity index (χ1) is 12.7. The summed E-state index contributed by atoms with van der Waals surface area (Å²) >= 11 is 0. The van der Waals surface area contributed by atoms with Crippen LogP contribution in [0, 0.1) is 6.92 Å². The molecular weight excluding hydrogens is 326 g/mol. The molecule has 26 heavy (non-hydrogen) atoms. The van der Waals surface area contributed by atoms with E-state index in [9.17, 15) is 4.79 Å². The van der Waals surface area contributed by atoms with E-state index in [1.165, 1.54) is 0 Å². The van der Waals surface area contributed by atoms with Crippen molar-refractivity contribution in [2.45, 2.75) is 32.4 Å². The Morgan fingerprint density at radius 1 is 1.27 bits per heavy atom. The number of carbonyl (C=O) groups excluding carboxylic acids is 1. The van der Waals surface area contributed by atoms with Crippen LogP contribution < -0.4 is 5.32 Å². The van der Waals surface area contributed by atoms with Crippen LogP contribution in [0.3, 0.4) is 0 Å². The highest BCUT2D eigenvalue weighted by atomic mass is 16.2. The third-order valence-corrected chi connectivity index (χ3v) is 4.97. The lowest BCUT2D eigenvalue weighted by molar-refractivity contribution is 0.0905. The lowest BCUT2D eigenvalue weighted by Crippen LogP contribution is -2.44. The molecule has 0 aliphatic carbocycles. The molecule has 1 aliphatic rings. The van der Waals surface area contributed by atoms with Crippen LogP contribution in [0.15, 0.2) is 42.6 Å². The zero-order chi connectivity index (χ0) is 17.9. The fourth-order valence-corrected chi connectivity index (χ4v) is 3.51. The van der Waals surface area contributed by atoms with Crippen LogP contribution in [0.5, 0.6) is 0 Å². The van der Waals surface area contributed by atoms with Crippen LogP contribution in [0.25, 0.3) is 10.9 Å². The highest BCUT2D eigenvalue weighted by Gasteiger charge is 2.23. The van der Waals surface area contributed by atoms with Crippen LogP contribution >= 0.6 is 0 Å². The van der Waals surface area contributed by atoms with E-state index in [1.807, 2.05) is 43.5 Å². The number of aryl methyl sites for hydroxylation is 1. The van der Waals surface area contributed by atoms with Crippen LogP contribution in [-0.4, -0.2) is 45.1 Å². The number of rotatable bonds is 4. The van der Waals surface area contributed by atoms with E-state index in [-0.39, 0.29) is 11.9 Å². The van der Waals surface area contributed by atoms with Crippen molar-refractivity contribution in [1.82, 2.24) is 25.4 Å². The van der Waals surface area contributed by atoms with E-state index in [0.29, 0.717) is 5.69 Å².